The predicted octanol–water partition coefficient (Wildman–Crippen LogP) is 2.22. The molecular weight excluding hydrogens is 288 g/mol. The number of nitrogens with zero attached hydrogens (tertiary/aromatic N) is 2. The third-order valence-electron chi connectivity index (χ3n) is 3.69. The molecule has 0 atom stereocenters. The summed E-state index contributed by atoms with van der Waals surface area (Å²) in [6, 6.07) is 4.10. The quantitative estimate of drug-likeness (QED) is 0.938. The van der Waals surface area contributed by atoms with Gasteiger partial charge in [0.25, 0.3) is 0 Å². The van der Waals surface area contributed by atoms with Crippen molar-refractivity contribution in [3.05, 3.63) is 34.3 Å². The molecule has 0 bridgehead atoms. The second-order valence-corrected chi connectivity index (χ2v) is 6.01. The largest absolute Gasteiger partial charge is 0.493 e. The van der Waals surface area contributed by atoms with Gasteiger partial charge in [0, 0.05) is 19.3 Å². The molecule has 1 aromatic heterocycles. The Bertz CT molecular complexity index is 642. The van der Waals surface area contributed by atoms with Crippen molar-refractivity contribution in [3.63, 3.8) is 0 Å². The van der Waals surface area contributed by atoms with E-state index in [4.69, 9.17) is 14.6 Å². The van der Waals surface area contributed by atoms with Crippen LogP contribution in [0.1, 0.15) is 16.0 Å². The van der Waals surface area contributed by atoms with E-state index in [1.807, 2.05) is 6.07 Å². The third kappa shape index (κ3) is 2.69. The summed E-state index contributed by atoms with van der Waals surface area (Å²) >= 11 is 1.54. The van der Waals surface area contributed by atoms with Gasteiger partial charge in [-0.05, 0) is 29.7 Å². The van der Waals surface area contributed by atoms with Crippen LogP contribution < -0.4 is 14.4 Å². The van der Waals surface area contributed by atoms with Crippen LogP contribution in [0, 0.1) is 0 Å². The Morgan fingerprint density at radius 3 is 2.57 bits per heavy atom. The van der Waals surface area contributed by atoms with Gasteiger partial charge in [0.1, 0.15) is 0 Å². The average molecular weight is 306 g/mol. The normalized spacial score (nSPS) is 14.0. The zero-order chi connectivity index (χ0) is 14.8. The van der Waals surface area contributed by atoms with Gasteiger partial charge in [-0.2, -0.15) is 0 Å². The van der Waals surface area contributed by atoms with Gasteiger partial charge in [0.05, 0.1) is 25.7 Å². The molecule has 3 rings (SSSR count). The lowest BCUT2D eigenvalue weighted by molar-refractivity contribution is 0.285. The second kappa shape index (κ2) is 5.91. The van der Waals surface area contributed by atoms with Crippen molar-refractivity contribution >= 4 is 16.5 Å². The van der Waals surface area contributed by atoms with Crippen molar-refractivity contribution in [1.82, 2.24) is 4.98 Å². The minimum absolute atomic E-state index is 0.0487. The molecule has 6 heteroatoms. The first-order valence-electron chi connectivity index (χ1n) is 6.79. The number of methoxy groups -OCH3 is 2. The number of benzene rings is 1. The highest BCUT2D eigenvalue weighted by molar-refractivity contribution is 7.15. The van der Waals surface area contributed by atoms with Crippen molar-refractivity contribution in [2.45, 2.75) is 19.6 Å². The van der Waals surface area contributed by atoms with Crippen molar-refractivity contribution in [3.8, 4) is 11.5 Å². The Labute approximate surface area is 127 Å². The van der Waals surface area contributed by atoms with E-state index in [2.05, 4.69) is 16.0 Å². The maximum Gasteiger partial charge on any atom is 0.185 e. The first-order valence-corrected chi connectivity index (χ1v) is 7.61. The van der Waals surface area contributed by atoms with Gasteiger partial charge in [-0.15, -0.1) is 0 Å². The number of hydrogen-bond acceptors (Lipinski definition) is 6. The molecule has 1 aliphatic heterocycles. The number of aliphatic hydroxyl groups is 1. The molecular formula is C15H18N2O3S. The van der Waals surface area contributed by atoms with Gasteiger partial charge in [0.15, 0.2) is 16.6 Å². The van der Waals surface area contributed by atoms with Gasteiger partial charge < -0.3 is 19.5 Å². The van der Waals surface area contributed by atoms with Crippen LogP contribution in [0.5, 0.6) is 11.5 Å². The van der Waals surface area contributed by atoms with Crippen LogP contribution in [-0.2, 0) is 19.6 Å². The topological polar surface area (TPSA) is 54.8 Å². The molecule has 0 saturated carbocycles. The standard InChI is InChI=1S/C15H18N2O3S/c1-19-13-5-10-3-4-17(8-11(10)6-14(13)20-2)15-16-7-12(9-18)21-15/h5-7,18H,3-4,8-9H2,1-2H3. The zero-order valence-electron chi connectivity index (χ0n) is 12.1. The van der Waals surface area contributed by atoms with Gasteiger partial charge >= 0.3 is 0 Å². The predicted molar refractivity (Wildman–Crippen MR) is 82.3 cm³/mol. The number of aromatic nitrogens is 1. The lowest BCUT2D eigenvalue weighted by Gasteiger charge is -2.29. The van der Waals surface area contributed by atoms with Crippen LogP contribution in [-0.4, -0.2) is 30.9 Å². The summed E-state index contributed by atoms with van der Waals surface area (Å²) in [6.07, 6.45) is 2.69. The molecule has 0 spiro atoms. The van der Waals surface area contributed by atoms with E-state index in [1.165, 1.54) is 11.1 Å². The van der Waals surface area contributed by atoms with Crippen molar-refractivity contribution in [1.29, 1.82) is 0 Å². The summed E-state index contributed by atoms with van der Waals surface area (Å²) in [7, 11) is 3.31. The van der Waals surface area contributed by atoms with Crippen LogP contribution in [0.25, 0.3) is 0 Å². The lowest BCUT2D eigenvalue weighted by Crippen LogP contribution is -2.30. The first-order chi connectivity index (χ1) is 10.2. The van der Waals surface area contributed by atoms with Gasteiger partial charge in [-0.25, -0.2) is 4.98 Å². The second-order valence-electron chi connectivity index (χ2n) is 4.91. The van der Waals surface area contributed by atoms with Crippen LogP contribution in [0.3, 0.4) is 0 Å². The summed E-state index contributed by atoms with van der Waals surface area (Å²) in [6.45, 7) is 1.77. The molecule has 1 N–H and O–H groups in total. The van der Waals surface area contributed by atoms with Crippen molar-refractivity contribution in [2.75, 3.05) is 25.7 Å². The first kappa shape index (κ1) is 14.2. The molecule has 0 saturated heterocycles. The number of fused-ring (bicyclic) bond motifs is 1. The fourth-order valence-electron chi connectivity index (χ4n) is 2.56. The molecule has 2 heterocycles. The maximum atomic E-state index is 9.15. The van der Waals surface area contributed by atoms with Gasteiger partial charge in [-0.1, -0.05) is 11.3 Å². The summed E-state index contributed by atoms with van der Waals surface area (Å²) in [5, 5.41) is 10.1. The molecule has 1 aromatic carbocycles. The molecule has 0 amide bonds. The Balaban J connectivity index is 1.87. The van der Waals surface area contributed by atoms with Crippen LogP contribution in [0.4, 0.5) is 5.13 Å². The van der Waals surface area contributed by atoms with E-state index in [0.29, 0.717) is 0 Å². The van der Waals surface area contributed by atoms with Crippen molar-refractivity contribution < 1.29 is 14.6 Å². The van der Waals surface area contributed by atoms with E-state index in [9.17, 15) is 0 Å². The number of anilines is 1. The number of rotatable bonds is 4. The Morgan fingerprint density at radius 1 is 1.24 bits per heavy atom. The summed E-state index contributed by atoms with van der Waals surface area (Å²) in [5.41, 5.74) is 2.53. The van der Waals surface area contributed by atoms with E-state index >= 15 is 0 Å². The minimum atomic E-state index is 0.0487. The van der Waals surface area contributed by atoms with Gasteiger partial charge in [0.2, 0.25) is 0 Å². The van der Waals surface area contributed by atoms with Crippen molar-refractivity contribution in [2.24, 2.45) is 0 Å². The fraction of sp³-hybridized carbons (Fsp3) is 0.400. The molecule has 5 nitrogen and oxygen atoms in total. The molecule has 0 aliphatic carbocycles. The summed E-state index contributed by atoms with van der Waals surface area (Å²) in [4.78, 5) is 7.51. The summed E-state index contributed by atoms with van der Waals surface area (Å²) in [5.74, 6) is 1.54. The molecule has 112 valence electrons. The SMILES string of the molecule is COc1cc2c(cc1OC)CN(c1ncc(CO)s1)CC2. The van der Waals surface area contributed by atoms with E-state index < -0.39 is 0 Å². The Hall–Kier alpha value is -1.79. The number of ether oxygens (including phenoxy) is 2. The third-order valence-corrected chi connectivity index (χ3v) is 4.73. The average Bonchev–Trinajstić information content (AvgIpc) is 3.02. The van der Waals surface area contributed by atoms with E-state index in [1.54, 1.807) is 31.8 Å². The molecule has 1 aliphatic rings. The molecule has 0 fully saturated rings. The van der Waals surface area contributed by atoms with E-state index in [0.717, 1.165) is 41.0 Å². The monoisotopic (exact) mass is 306 g/mol. The van der Waals surface area contributed by atoms with Gasteiger partial charge in [-0.3, -0.25) is 0 Å². The molecule has 0 unspecified atom stereocenters. The highest BCUT2D eigenvalue weighted by Crippen LogP contribution is 2.35. The fourth-order valence-corrected chi connectivity index (χ4v) is 3.36. The molecule has 2 aromatic rings. The Kier molecular flexibility index (Phi) is 3.98. The highest BCUT2D eigenvalue weighted by Gasteiger charge is 2.21. The van der Waals surface area contributed by atoms with E-state index in [-0.39, 0.29) is 6.61 Å². The number of aliphatic hydroxyl groups excluding tert-OH is 1. The lowest BCUT2D eigenvalue weighted by atomic mass is 9.99. The highest BCUT2D eigenvalue weighted by atomic mass is 32.1. The van der Waals surface area contributed by atoms with Crippen LogP contribution in [0.2, 0.25) is 0 Å². The number of thiazole rings is 1. The minimum Gasteiger partial charge on any atom is -0.493 e. The van der Waals surface area contributed by atoms with Crippen LogP contribution >= 0.6 is 11.3 Å². The molecule has 21 heavy (non-hydrogen) atoms. The summed E-state index contributed by atoms with van der Waals surface area (Å²) < 4.78 is 10.7. The van der Waals surface area contributed by atoms with Crippen LogP contribution in [0.15, 0.2) is 18.3 Å². The Morgan fingerprint density at radius 2 is 1.95 bits per heavy atom. The maximum absolute atomic E-state index is 9.15. The zero-order valence-corrected chi connectivity index (χ0v) is 12.9. The molecule has 0 radical (unpaired) electrons. The number of hydrogen-bond donors (Lipinski definition) is 1. The smallest absolute Gasteiger partial charge is 0.185 e.